The van der Waals surface area contributed by atoms with Crippen LogP contribution < -0.4 is 11.1 Å². The van der Waals surface area contributed by atoms with Crippen molar-refractivity contribution in [3.8, 4) is 0 Å². The molecule has 1 unspecified atom stereocenters. The summed E-state index contributed by atoms with van der Waals surface area (Å²) in [6, 6.07) is 1.66. The van der Waals surface area contributed by atoms with Gasteiger partial charge in [-0.05, 0) is 18.4 Å². The monoisotopic (exact) mass is 271 g/mol. The van der Waals surface area contributed by atoms with E-state index < -0.39 is 0 Å². The molecule has 0 aromatic carbocycles. The van der Waals surface area contributed by atoms with E-state index >= 15 is 0 Å². The van der Waals surface area contributed by atoms with Crippen LogP contribution in [-0.4, -0.2) is 23.1 Å². The minimum absolute atomic E-state index is 0.0287. The van der Waals surface area contributed by atoms with Gasteiger partial charge in [-0.25, -0.2) is 0 Å². The summed E-state index contributed by atoms with van der Waals surface area (Å²) in [5.41, 5.74) is 6.49. The molecule has 0 aliphatic carbocycles. The highest BCUT2D eigenvalue weighted by Gasteiger charge is 2.14. The number of carbonyl (C=O) groups is 1. The lowest BCUT2D eigenvalue weighted by molar-refractivity contribution is 0.0940. The first-order chi connectivity index (χ1) is 8.45. The number of hydrogen-bond donors (Lipinski definition) is 2. The molecule has 1 aromatic heterocycles. The molecule has 0 aliphatic heterocycles. The standard InChI is InChI=1S/C13H22ClN3O/c1-4-5-17-8-10(14)6-12(17)13(18)16-7-11(15)9(2)3/h6,8-9,11H,4-5,7,15H2,1-3H3,(H,16,18). The Morgan fingerprint density at radius 1 is 1.56 bits per heavy atom. The predicted octanol–water partition coefficient (Wildman–Crippen LogP) is 2.26. The molecule has 1 rings (SSSR count). The number of amides is 1. The van der Waals surface area contributed by atoms with E-state index in [9.17, 15) is 4.79 Å². The Labute approximate surface area is 113 Å². The van der Waals surface area contributed by atoms with Gasteiger partial charge in [-0.3, -0.25) is 4.79 Å². The SMILES string of the molecule is CCCn1cc(Cl)cc1C(=O)NCC(N)C(C)C. The Hall–Kier alpha value is -1.00. The van der Waals surface area contributed by atoms with Crippen molar-refractivity contribution in [2.75, 3.05) is 6.54 Å². The van der Waals surface area contributed by atoms with Crippen molar-refractivity contribution in [1.82, 2.24) is 9.88 Å². The summed E-state index contributed by atoms with van der Waals surface area (Å²) in [6.07, 6.45) is 2.74. The Balaban J connectivity index is 2.66. The van der Waals surface area contributed by atoms with E-state index in [0.29, 0.717) is 23.2 Å². The van der Waals surface area contributed by atoms with Crippen molar-refractivity contribution in [1.29, 1.82) is 0 Å². The van der Waals surface area contributed by atoms with Gasteiger partial charge in [-0.1, -0.05) is 32.4 Å². The van der Waals surface area contributed by atoms with Crippen LogP contribution in [0.2, 0.25) is 5.02 Å². The average Bonchev–Trinajstić information content (AvgIpc) is 2.67. The smallest absolute Gasteiger partial charge is 0.268 e. The normalized spacial score (nSPS) is 12.8. The molecule has 0 radical (unpaired) electrons. The molecule has 3 N–H and O–H groups in total. The van der Waals surface area contributed by atoms with E-state index in [1.165, 1.54) is 0 Å². The molecule has 1 atom stereocenters. The van der Waals surface area contributed by atoms with Gasteiger partial charge in [0.25, 0.3) is 5.91 Å². The van der Waals surface area contributed by atoms with Gasteiger partial charge in [0.2, 0.25) is 0 Å². The second-order valence-corrected chi connectivity index (χ2v) is 5.29. The molecule has 1 amide bonds. The highest BCUT2D eigenvalue weighted by atomic mass is 35.5. The molecule has 1 aromatic rings. The zero-order valence-corrected chi connectivity index (χ0v) is 12.0. The fourth-order valence-electron chi connectivity index (χ4n) is 1.63. The molecule has 4 nitrogen and oxygen atoms in total. The summed E-state index contributed by atoms with van der Waals surface area (Å²) in [6.45, 7) is 7.39. The third kappa shape index (κ3) is 4.03. The molecular weight excluding hydrogens is 250 g/mol. The summed E-state index contributed by atoms with van der Waals surface area (Å²) >= 11 is 5.93. The number of aryl methyl sites for hydroxylation is 1. The third-order valence-corrected chi connectivity index (χ3v) is 3.12. The minimum atomic E-state index is -0.119. The summed E-state index contributed by atoms with van der Waals surface area (Å²) in [5, 5.41) is 3.43. The molecule has 0 fully saturated rings. The minimum Gasteiger partial charge on any atom is -0.349 e. The van der Waals surface area contributed by atoms with Crippen LogP contribution in [0.25, 0.3) is 0 Å². The van der Waals surface area contributed by atoms with Gasteiger partial charge >= 0.3 is 0 Å². The molecule has 18 heavy (non-hydrogen) atoms. The summed E-state index contributed by atoms with van der Waals surface area (Å²) in [5.74, 6) is 0.225. The van der Waals surface area contributed by atoms with E-state index in [1.807, 2.05) is 18.4 Å². The van der Waals surface area contributed by atoms with E-state index in [1.54, 1.807) is 12.3 Å². The highest BCUT2D eigenvalue weighted by Crippen LogP contribution is 2.14. The molecule has 0 bridgehead atoms. The number of nitrogens with one attached hydrogen (secondary N) is 1. The summed E-state index contributed by atoms with van der Waals surface area (Å²) < 4.78 is 1.87. The van der Waals surface area contributed by atoms with Gasteiger partial charge in [0.15, 0.2) is 0 Å². The first-order valence-corrected chi connectivity index (χ1v) is 6.73. The van der Waals surface area contributed by atoms with E-state index in [4.69, 9.17) is 17.3 Å². The lowest BCUT2D eigenvalue weighted by Crippen LogP contribution is -2.40. The molecule has 5 heteroatoms. The van der Waals surface area contributed by atoms with Gasteiger partial charge in [0.05, 0.1) is 5.02 Å². The summed E-state index contributed by atoms with van der Waals surface area (Å²) in [4.78, 5) is 12.0. The first kappa shape index (κ1) is 15.1. The lowest BCUT2D eigenvalue weighted by atomic mass is 10.1. The van der Waals surface area contributed by atoms with Crippen LogP contribution in [0.3, 0.4) is 0 Å². The molecular formula is C13H22ClN3O. The largest absolute Gasteiger partial charge is 0.349 e. The van der Waals surface area contributed by atoms with Crippen LogP contribution >= 0.6 is 11.6 Å². The second kappa shape index (κ2) is 6.81. The van der Waals surface area contributed by atoms with Crippen molar-refractivity contribution < 1.29 is 4.79 Å². The van der Waals surface area contributed by atoms with Gasteiger partial charge in [0, 0.05) is 25.3 Å². The van der Waals surface area contributed by atoms with Crippen LogP contribution in [0.1, 0.15) is 37.7 Å². The van der Waals surface area contributed by atoms with Crippen LogP contribution in [0, 0.1) is 5.92 Å². The Morgan fingerprint density at radius 2 is 2.22 bits per heavy atom. The van der Waals surface area contributed by atoms with Gasteiger partial charge in [-0.2, -0.15) is 0 Å². The van der Waals surface area contributed by atoms with Gasteiger partial charge in [-0.15, -0.1) is 0 Å². The number of nitrogens with two attached hydrogens (primary N) is 1. The van der Waals surface area contributed by atoms with Gasteiger partial charge in [0.1, 0.15) is 5.69 Å². The van der Waals surface area contributed by atoms with Crippen molar-refractivity contribution in [3.63, 3.8) is 0 Å². The molecule has 102 valence electrons. The van der Waals surface area contributed by atoms with Crippen LogP contribution in [0.4, 0.5) is 0 Å². The first-order valence-electron chi connectivity index (χ1n) is 6.35. The van der Waals surface area contributed by atoms with Crippen LogP contribution in [-0.2, 0) is 6.54 Å². The molecule has 0 saturated carbocycles. The molecule has 0 spiro atoms. The number of rotatable bonds is 6. The van der Waals surface area contributed by atoms with E-state index in [0.717, 1.165) is 13.0 Å². The second-order valence-electron chi connectivity index (χ2n) is 4.85. The van der Waals surface area contributed by atoms with Crippen molar-refractivity contribution in [2.24, 2.45) is 11.7 Å². The maximum Gasteiger partial charge on any atom is 0.268 e. The maximum atomic E-state index is 12.0. The number of halogens is 1. The Morgan fingerprint density at radius 3 is 2.78 bits per heavy atom. The van der Waals surface area contributed by atoms with Gasteiger partial charge < -0.3 is 15.6 Å². The number of carbonyl (C=O) groups excluding carboxylic acids is 1. The zero-order valence-electron chi connectivity index (χ0n) is 11.2. The van der Waals surface area contributed by atoms with Crippen molar-refractivity contribution >= 4 is 17.5 Å². The van der Waals surface area contributed by atoms with Crippen LogP contribution in [0.5, 0.6) is 0 Å². The quantitative estimate of drug-likeness (QED) is 0.834. The zero-order chi connectivity index (χ0) is 13.7. The molecule has 1 heterocycles. The van der Waals surface area contributed by atoms with Crippen LogP contribution in [0.15, 0.2) is 12.3 Å². The maximum absolute atomic E-state index is 12.0. The lowest BCUT2D eigenvalue weighted by Gasteiger charge is -2.16. The highest BCUT2D eigenvalue weighted by molar-refractivity contribution is 6.31. The van der Waals surface area contributed by atoms with Crippen molar-refractivity contribution in [3.05, 3.63) is 23.0 Å². The number of aromatic nitrogens is 1. The third-order valence-electron chi connectivity index (χ3n) is 2.91. The predicted molar refractivity (Wildman–Crippen MR) is 74.9 cm³/mol. The number of hydrogen-bond acceptors (Lipinski definition) is 2. The average molecular weight is 272 g/mol. The topological polar surface area (TPSA) is 60.0 Å². The Bertz CT molecular complexity index is 401. The molecule has 0 saturated heterocycles. The fourth-order valence-corrected chi connectivity index (χ4v) is 1.85. The van der Waals surface area contributed by atoms with E-state index in [2.05, 4.69) is 12.2 Å². The van der Waals surface area contributed by atoms with E-state index in [-0.39, 0.29) is 11.9 Å². The van der Waals surface area contributed by atoms with Crippen molar-refractivity contribution in [2.45, 2.75) is 39.8 Å². The number of nitrogens with zero attached hydrogens (tertiary/aromatic N) is 1. The fraction of sp³-hybridized carbons (Fsp3) is 0.615. The Kier molecular flexibility index (Phi) is 5.69. The molecule has 0 aliphatic rings. The summed E-state index contributed by atoms with van der Waals surface area (Å²) in [7, 11) is 0.